The lowest BCUT2D eigenvalue weighted by Crippen LogP contribution is -2.36. The quantitative estimate of drug-likeness (QED) is 0.779. The van der Waals surface area contributed by atoms with E-state index in [2.05, 4.69) is 10.1 Å². The van der Waals surface area contributed by atoms with Crippen molar-refractivity contribution in [3.8, 4) is 11.5 Å². The summed E-state index contributed by atoms with van der Waals surface area (Å²) in [7, 11) is 0. The van der Waals surface area contributed by atoms with Gasteiger partial charge in [-0.05, 0) is 31.4 Å². The Morgan fingerprint density at radius 2 is 1.80 bits per heavy atom. The van der Waals surface area contributed by atoms with Crippen LogP contribution >= 0.6 is 0 Å². The zero-order valence-electron chi connectivity index (χ0n) is 13.2. The number of amides is 1. The van der Waals surface area contributed by atoms with Crippen molar-refractivity contribution >= 4 is 11.9 Å². The molecule has 1 aliphatic rings. The van der Waals surface area contributed by atoms with Crippen molar-refractivity contribution in [3.05, 3.63) is 24.3 Å². The van der Waals surface area contributed by atoms with E-state index in [1.54, 1.807) is 6.07 Å². The molecule has 1 aromatic rings. The van der Waals surface area contributed by atoms with Crippen molar-refractivity contribution in [1.29, 1.82) is 0 Å². The summed E-state index contributed by atoms with van der Waals surface area (Å²) in [4.78, 5) is 22.8. The van der Waals surface area contributed by atoms with Gasteiger partial charge >= 0.3 is 12.1 Å². The van der Waals surface area contributed by atoms with Crippen LogP contribution in [0.4, 0.5) is 13.2 Å². The van der Waals surface area contributed by atoms with Gasteiger partial charge in [0.05, 0.1) is 5.92 Å². The smallest absolute Gasteiger partial charge is 0.422 e. The Bertz CT molecular complexity index is 620. The van der Waals surface area contributed by atoms with Crippen LogP contribution in [0.5, 0.6) is 11.5 Å². The van der Waals surface area contributed by atoms with E-state index in [0.717, 1.165) is 0 Å². The number of benzene rings is 1. The number of rotatable bonds is 7. The van der Waals surface area contributed by atoms with Crippen molar-refractivity contribution in [1.82, 2.24) is 5.32 Å². The van der Waals surface area contributed by atoms with Crippen molar-refractivity contribution in [3.63, 3.8) is 0 Å². The van der Waals surface area contributed by atoms with Gasteiger partial charge in [-0.15, -0.1) is 0 Å². The first-order valence-electron chi connectivity index (χ1n) is 7.68. The summed E-state index contributed by atoms with van der Waals surface area (Å²) in [6.45, 7) is -1.86. The minimum Gasteiger partial charge on any atom is -0.481 e. The standard InChI is InChI=1S/C16H18F3NO5/c17-16(18,19)9-25-13-4-2-1-3-12(13)24-8-14(21)20-11-6-5-10(7-11)15(22)23/h1-4,10-11H,5-9H2,(H,20,21)(H,22,23)/t10-,11+/m1/s1. The zero-order chi connectivity index (χ0) is 18.4. The van der Waals surface area contributed by atoms with Crippen LogP contribution in [-0.4, -0.2) is 42.4 Å². The summed E-state index contributed by atoms with van der Waals surface area (Å²) < 4.78 is 46.6. The van der Waals surface area contributed by atoms with Gasteiger partial charge in [0.1, 0.15) is 0 Å². The van der Waals surface area contributed by atoms with E-state index in [-0.39, 0.29) is 17.5 Å². The van der Waals surface area contributed by atoms with Gasteiger partial charge in [-0.3, -0.25) is 9.59 Å². The van der Waals surface area contributed by atoms with Gasteiger partial charge in [0.25, 0.3) is 5.91 Å². The molecule has 6 nitrogen and oxygen atoms in total. The molecule has 9 heteroatoms. The van der Waals surface area contributed by atoms with Crippen LogP contribution in [0.2, 0.25) is 0 Å². The summed E-state index contributed by atoms with van der Waals surface area (Å²) in [5.74, 6) is -1.91. The van der Waals surface area contributed by atoms with Gasteiger partial charge in [0.2, 0.25) is 0 Å². The van der Waals surface area contributed by atoms with Crippen molar-refractivity contribution in [2.45, 2.75) is 31.5 Å². The zero-order valence-corrected chi connectivity index (χ0v) is 13.2. The number of hydrogen-bond acceptors (Lipinski definition) is 4. The van der Waals surface area contributed by atoms with Crippen LogP contribution in [0.15, 0.2) is 24.3 Å². The summed E-state index contributed by atoms with van der Waals surface area (Å²) >= 11 is 0. The lowest BCUT2D eigenvalue weighted by molar-refractivity contribution is -0.153. The number of carboxylic acid groups (broad SMARTS) is 1. The van der Waals surface area contributed by atoms with Gasteiger partial charge in [-0.2, -0.15) is 13.2 Å². The highest BCUT2D eigenvalue weighted by Crippen LogP contribution is 2.29. The number of carbonyl (C=O) groups excluding carboxylic acids is 1. The molecule has 1 aliphatic carbocycles. The highest BCUT2D eigenvalue weighted by atomic mass is 19.4. The Labute approximate surface area is 141 Å². The minimum absolute atomic E-state index is 0.0248. The molecular weight excluding hydrogens is 343 g/mol. The fourth-order valence-electron chi connectivity index (χ4n) is 2.60. The van der Waals surface area contributed by atoms with Crippen molar-refractivity contribution < 1.29 is 37.3 Å². The maximum absolute atomic E-state index is 12.2. The molecule has 2 N–H and O–H groups in total. The number of ether oxygens (including phenoxy) is 2. The molecule has 0 saturated heterocycles. The number of carboxylic acids is 1. The fraction of sp³-hybridized carbons (Fsp3) is 0.500. The van der Waals surface area contributed by atoms with Crippen LogP contribution in [0.25, 0.3) is 0 Å². The average Bonchev–Trinajstić information content (AvgIpc) is 2.99. The number of aliphatic carboxylic acids is 1. The summed E-state index contributed by atoms with van der Waals surface area (Å²) in [5.41, 5.74) is 0. The van der Waals surface area contributed by atoms with Gasteiger partial charge in [0, 0.05) is 6.04 Å². The first-order chi connectivity index (χ1) is 11.7. The molecule has 2 atom stereocenters. The Balaban J connectivity index is 1.83. The molecule has 1 amide bonds. The fourth-order valence-corrected chi connectivity index (χ4v) is 2.60. The molecule has 0 heterocycles. The Morgan fingerprint density at radius 3 is 2.36 bits per heavy atom. The van der Waals surface area contributed by atoms with E-state index in [4.69, 9.17) is 9.84 Å². The lowest BCUT2D eigenvalue weighted by atomic mass is 10.1. The molecule has 0 radical (unpaired) electrons. The number of hydrogen-bond donors (Lipinski definition) is 2. The van der Waals surface area contributed by atoms with Crippen molar-refractivity contribution in [2.75, 3.05) is 13.2 Å². The van der Waals surface area contributed by atoms with Gasteiger partial charge < -0.3 is 19.9 Å². The van der Waals surface area contributed by atoms with E-state index >= 15 is 0 Å². The second kappa shape index (κ2) is 8.09. The monoisotopic (exact) mass is 361 g/mol. The number of halogens is 3. The first kappa shape index (κ1) is 18.9. The molecule has 2 rings (SSSR count). The molecule has 1 aromatic carbocycles. The molecule has 0 spiro atoms. The predicted molar refractivity (Wildman–Crippen MR) is 80.4 cm³/mol. The molecular formula is C16H18F3NO5. The Morgan fingerprint density at radius 1 is 1.16 bits per heavy atom. The highest BCUT2D eigenvalue weighted by Gasteiger charge is 2.31. The second-order valence-electron chi connectivity index (χ2n) is 5.75. The molecule has 0 unspecified atom stereocenters. The Kier molecular flexibility index (Phi) is 6.11. The molecule has 25 heavy (non-hydrogen) atoms. The second-order valence-corrected chi connectivity index (χ2v) is 5.75. The summed E-state index contributed by atoms with van der Waals surface area (Å²) in [5, 5.41) is 11.6. The third-order valence-corrected chi connectivity index (χ3v) is 3.75. The summed E-state index contributed by atoms with van der Waals surface area (Å²) in [6.07, 6.45) is -3.07. The van der Waals surface area contributed by atoms with Crippen LogP contribution in [0, 0.1) is 5.92 Å². The molecule has 1 fully saturated rings. The third kappa shape index (κ3) is 6.17. The van der Waals surface area contributed by atoms with Gasteiger partial charge in [-0.25, -0.2) is 0 Å². The van der Waals surface area contributed by atoms with E-state index in [1.807, 2.05) is 0 Å². The SMILES string of the molecule is O=C(COc1ccccc1OCC(F)(F)F)N[C@H]1CC[C@@H](C(=O)O)C1. The van der Waals surface area contributed by atoms with E-state index < -0.39 is 37.2 Å². The van der Waals surface area contributed by atoms with E-state index in [0.29, 0.717) is 19.3 Å². The average molecular weight is 361 g/mol. The molecule has 1 saturated carbocycles. The summed E-state index contributed by atoms with van der Waals surface area (Å²) in [6, 6.07) is 5.50. The van der Waals surface area contributed by atoms with Crippen LogP contribution < -0.4 is 14.8 Å². The third-order valence-electron chi connectivity index (χ3n) is 3.75. The van der Waals surface area contributed by atoms with E-state index in [1.165, 1.54) is 18.2 Å². The number of carbonyl (C=O) groups is 2. The Hall–Kier alpha value is -2.45. The van der Waals surface area contributed by atoms with Crippen LogP contribution in [0.3, 0.4) is 0 Å². The van der Waals surface area contributed by atoms with E-state index in [9.17, 15) is 22.8 Å². The topological polar surface area (TPSA) is 84.9 Å². The highest BCUT2D eigenvalue weighted by molar-refractivity contribution is 5.78. The largest absolute Gasteiger partial charge is 0.481 e. The van der Waals surface area contributed by atoms with Gasteiger partial charge in [-0.1, -0.05) is 12.1 Å². The molecule has 0 aromatic heterocycles. The molecule has 138 valence electrons. The van der Waals surface area contributed by atoms with Crippen molar-refractivity contribution in [2.24, 2.45) is 5.92 Å². The number of nitrogens with one attached hydrogen (secondary N) is 1. The molecule has 0 bridgehead atoms. The maximum atomic E-state index is 12.2. The first-order valence-corrected chi connectivity index (χ1v) is 7.68. The van der Waals surface area contributed by atoms with Crippen LogP contribution in [0.1, 0.15) is 19.3 Å². The molecule has 0 aliphatic heterocycles. The number of para-hydroxylation sites is 2. The minimum atomic E-state index is -4.48. The lowest BCUT2D eigenvalue weighted by Gasteiger charge is -2.15. The van der Waals surface area contributed by atoms with Gasteiger partial charge in [0.15, 0.2) is 24.7 Å². The van der Waals surface area contributed by atoms with Crippen LogP contribution in [-0.2, 0) is 9.59 Å². The maximum Gasteiger partial charge on any atom is 0.422 e. The predicted octanol–water partition coefficient (Wildman–Crippen LogP) is 2.38. The normalized spacial score (nSPS) is 20.1. The number of alkyl halides is 3.